The van der Waals surface area contributed by atoms with Gasteiger partial charge in [-0.1, -0.05) is 6.07 Å². The van der Waals surface area contributed by atoms with Gasteiger partial charge in [0.05, 0.1) is 16.6 Å². The van der Waals surface area contributed by atoms with Crippen molar-refractivity contribution in [3.63, 3.8) is 0 Å². The Morgan fingerprint density at radius 2 is 2.00 bits per heavy atom. The summed E-state index contributed by atoms with van der Waals surface area (Å²) in [7, 11) is -1.17. The minimum absolute atomic E-state index is 0.0858. The van der Waals surface area contributed by atoms with E-state index >= 15 is 0 Å². The number of benzene rings is 1. The molecule has 1 aromatic rings. The molecule has 0 aliphatic carbocycles. The van der Waals surface area contributed by atoms with Gasteiger partial charge in [-0.05, 0) is 37.1 Å². The third kappa shape index (κ3) is 2.49. The second kappa shape index (κ2) is 4.33. The largest absolute Gasteiger partial charge is 0.302 e. The van der Waals surface area contributed by atoms with E-state index in [1.54, 1.807) is 0 Å². The molecule has 0 N–H and O–H groups in total. The Hall–Kier alpha value is -0.960. The zero-order chi connectivity index (χ0) is 9.84. The third-order valence-electron chi connectivity index (χ3n) is 1.96. The summed E-state index contributed by atoms with van der Waals surface area (Å²) >= 11 is 0. The van der Waals surface area contributed by atoms with Crippen LogP contribution in [-0.2, 0) is 15.6 Å². The molecule has 1 atom stereocenters. The number of aryl methyl sites for hydroxylation is 2. The van der Waals surface area contributed by atoms with Crippen LogP contribution in [0.3, 0.4) is 0 Å². The van der Waals surface area contributed by atoms with E-state index < -0.39 is 10.8 Å². The lowest BCUT2D eigenvalue weighted by atomic mass is 10.1. The first kappa shape index (κ1) is 10.1. The quantitative estimate of drug-likeness (QED) is 0.688. The van der Waals surface area contributed by atoms with E-state index in [0.717, 1.165) is 10.5 Å². The molecule has 1 unspecified atom stereocenters. The molecule has 0 aliphatic heterocycles. The molecule has 0 aromatic heterocycles. The summed E-state index contributed by atoms with van der Waals surface area (Å²) in [5, 5.41) is 0. The van der Waals surface area contributed by atoms with Crippen molar-refractivity contribution >= 4 is 17.1 Å². The normalized spacial score (nSPS) is 12.5. The van der Waals surface area contributed by atoms with Crippen molar-refractivity contribution in [3.05, 3.63) is 29.3 Å². The smallest absolute Gasteiger partial charge is 0.132 e. The van der Waals surface area contributed by atoms with Crippen LogP contribution in [0, 0.1) is 13.8 Å². The van der Waals surface area contributed by atoms with Crippen LogP contribution in [0.5, 0.6) is 0 Å². The lowest BCUT2D eigenvalue weighted by Crippen LogP contribution is -1.99. The van der Waals surface area contributed by atoms with Gasteiger partial charge in [-0.3, -0.25) is 4.21 Å². The van der Waals surface area contributed by atoms with E-state index in [9.17, 15) is 9.00 Å². The molecule has 0 fully saturated rings. The summed E-state index contributed by atoms with van der Waals surface area (Å²) in [4.78, 5) is 10.9. The highest BCUT2D eigenvalue weighted by molar-refractivity contribution is 7.85. The highest BCUT2D eigenvalue weighted by Crippen LogP contribution is 2.12. The van der Waals surface area contributed by atoms with Crippen molar-refractivity contribution in [1.29, 1.82) is 0 Å². The Morgan fingerprint density at radius 1 is 1.31 bits per heavy atom. The summed E-state index contributed by atoms with van der Waals surface area (Å²) in [5.41, 5.74) is 2.28. The van der Waals surface area contributed by atoms with Crippen LogP contribution in [0.15, 0.2) is 23.1 Å². The monoisotopic (exact) mass is 196 g/mol. The van der Waals surface area contributed by atoms with Gasteiger partial charge in [0.25, 0.3) is 0 Å². The maximum atomic E-state index is 11.4. The Bertz CT molecular complexity index is 345. The number of hydrogen-bond acceptors (Lipinski definition) is 2. The molecule has 0 spiro atoms. The summed E-state index contributed by atoms with van der Waals surface area (Å²) < 4.78 is 11.4. The fourth-order valence-electron chi connectivity index (χ4n) is 1.01. The van der Waals surface area contributed by atoms with E-state index in [1.165, 1.54) is 5.56 Å². The van der Waals surface area contributed by atoms with Crippen molar-refractivity contribution in [2.24, 2.45) is 0 Å². The van der Waals surface area contributed by atoms with Crippen molar-refractivity contribution in [2.45, 2.75) is 18.7 Å². The Balaban J connectivity index is 2.96. The molecule has 3 heteroatoms. The zero-order valence-electron chi connectivity index (χ0n) is 7.74. The summed E-state index contributed by atoms with van der Waals surface area (Å²) in [6.45, 7) is 3.97. The highest BCUT2D eigenvalue weighted by atomic mass is 32.2. The molecule has 0 radical (unpaired) electrons. The Kier molecular flexibility index (Phi) is 3.37. The van der Waals surface area contributed by atoms with Crippen LogP contribution < -0.4 is 0 Å². The summed E-state index contributed by atoms with van der Waals surface area (Å²) in [6.07, 6.45) is 0.686. The number of aldehydes is 1. The van der Waals surface area contributed by atoms with E-state index in [2.05, 4.69) is 0 Å². The summed E-state index contributed by atoms with van der Waals surface area (Å²) in [5.74, 6) is 0.0858. The molecule has 0 saturated heterocycles. The van der Waals surface area contributed by atoms with Gasteiger partial charge in [-0.25, -0.2) is 0 Å². The first-order chi connectivity index (χ1) is 6.15. The van der Waals surface area contributed by atoms with E-state index in [1.807, 2.05) is 32.0 Å². The van der Waals surface area contributed by atoms with Crippen LogP contribution >= 0.6 is 0 Å². The van der Waals surface area contributed by atoms with Gasteiger partial charge in [0, 0.05) is 4.90 Å². The number of hydrogen-bond donors (Lipinski definition) is 0. The molecule has 0 aliphatic rings. The number of rotatable bonds is 3. The molecular weight excluding hydrogens is 184 g/mol. The first-order valence-electron chi connectivity index (χ1n) is 4.04. The van der Waals surface area contributed by atoms with Crippen LogP contribution in [0.1, 0.15) is 11.1 Å². The molecule has 0 heterocycles. The van der Waals surface area contributed by atoms with Crippen molar-refractivity contribution in [3.8, 4) is 0 Å². The SMILES string of the molecule is Cc1ccc(S(=O)CC=O)cc1C. The topological polar surface area (TPSA) is 34.1 Å². The average Bonchev–Trinajstić information content (AvgIpc) is 2.10. The number of carbonyl (C=O) groups is 1. The van der Waals surface area contributed by atoms with Gasteiger partial charge in [-0.15, -0.1) is 0 Å². The van der Waals surface area contributed by atoms with Gasteiger partial charge in [0.1, 0.15) is 6.29 Å². The van der Waals surface area contributed by atoms with Gasteiger partial charge in [0.2, 0.25) is 0 Å². The molecule has 0 saturated carbocycles. The fourth-order valence-corrected chi connectivity index (χ4v) is 1.86. The van der Waals surface area contributed by atoms with Crippen molar-refractivity contribution in [2.75, 3.05) is 5.75 Å². The molecule has 2 nitrogen and oxygen atoms in total. The maximum absolute atomic E-state index is 11.4. The molecule has 0 bridgehead atoms. The zero-order valence-corrected chi connectivity index (χ0v) is 8.56. The Morgan fingerprint density at radius 3 is 2.54 bits per heavy atom. The molecule has 13 heavy (non-hydrogen) atoms. The standard InChI is InChI=1S/C10H12O2S/c1-8-3-4-10(7-9(8)2)13(12)6-5-11/h3-5,7H,6H2,1-2H3. The van der Waals surface area contributed by atoms with Crippen molar-refractivity contribution in [1.82, 2.24) is 0 Å². The second-order valence-electron chi connectivity index (χ2n) is 2.92. The van der Waals surface area contributed by atoms with Gasteiger partial charge < -0.3 is 4.79 Å². The fraction of sp³-hybridized carbons (Fsp3) is 0.300. The van der Waals surface area contributed by atoms with E-state index in [4.69, 9.17) is 0 Å². The number of carbonyl (C=O) groups excluding carboxylic acids is 1. The lowest BCUT2D eigenvalue weighted by molar-refractivity contribution is -0.105. The Labute approximate surface area is 80.4 Å². The van der Waals surface area contributed by atoms with Crippen molar-refractivity contribution < 1.29 is 9.00 Å². The molecular formula is C10H12O2S. The van der Waals surface area contributed by atoms with Gasteiger partial charge in [0.15, 0.2) is 0 Å². The van der Waals surface area contributed by atoms with Gasteiger partial charge in [-0.2, -0.15) is 0 Å². The maximum Gasteiger partial charge on any atom is 0.132 e. The van der Waals surface area contributed by atoms with Crippen LogP contribution in [0.25, 0.3) is 0 Å². The molecule has 70 valence electrons. The minimum Gasteiger partial charge on any atom is -0.302 e. The minimum atomic E-state index is -1.17. The lowest BCUT2D eigenvalue weighted by Gasteiger charge is -2.02. The van der Waals surface area contributed by atoms with E-state index in [-0.39, 0.29) is 5.75 Å². The summed E-state index contributed by atoms with van der Waals surface area (Å²) in [6, 6.07) is 5.60. The molecule has 1 aromatic carbocycles. The van der Waals surface area contributed by atoms with E-state index in [0.29, 0.717) is 6.29 Å². The molecule has 0 amide bonds. The predicted octanol–water partition coefficient (Wildman–Crippen LogP) is 1.61. The van der Waals surface area contributed by atoms with Crippen LogP contribution in [0.2, 0.25) is 0 Å². The highest BCUT2D eigenvalue weighted by Gasteiger charge is 2.03. The van der Waals surface area contributed by atoms with Crippen LogP contribution in [-0.4, -0.2) is 16.2 Å². The predicted molar refractivity (Wildman–Crippen MR) is 53.3 cm³/mol. The first-order valence-corrected chi connectivity index (χ1v) is 5.36. The van der Waals surface area contributed by atoms with Crippen LogP contribution in [0.4, 0.5) is 0 Å². The average molecular weight is 196 g/mol. The molecule has 1 rings (SSSR count). The van der Waals surface area contributed by atoms with Gasteiger partial charge >= 0.3 is 0 Å². The third-order valence-corrected chi connectivity index (χ3v) is 3.18. The second-order valence-corrected chi connectivity index (χ2v) is 4.42.